The Kier molecular flexibility index (Phi) is 5.46. The molecule has 0 aliphatic carbocycles. The van der Waals surface area contributed by atoms with Gasteiger partial charge >= 0.3 is 0 Å². The van der Waals surface area contributed by atoms with Crippen LogP contribution >= 0.6 is 0 Å². The van der Waals surface area contributed by atoms with Crippen LogP contribution < -0.4 is 14.8 Å². The predicted octanol–water partition coefficient (Wildman–Crippen LogP) is 1.82. The van der Waals surface area contributed by atoms with Crippen LogP contribution in [-0.2, 0) is 6.54 Å². The fraction of sp³-hybridized carbons (Fsp3) is 0.333. The van der Waals surface area contributed by atoms with Gasteiger partial charge in [0.25, 0.3) is 0 Å². The van der Waals surface area contributed by atoms with Gasteiger partial charge in [0.2, 0.25) is 0 Å². The Labute approximate surface area is 118 Å². The monoisotopic (exact) mass is 277 g/mol. The molecule has 1 aromatic heterocycles. The van der Waals surface area contributed by atoms with Crippen molar-refractivity contribution < 1.29 is 19.0 Å². The maximum absolute atomic E-state index is 9.82. The molecule has 0 radical (unpaired) electrons. The summed E-state index contributed by atoms with van der Waals surface area (Å²) in [7, 11) is 1.60. The van der Waals surface area contributed by atoms with Crippen LogP contribution in [-0.4, -0.2) is 31.5 Å². The van der Waals surface area contributed by atoms with E-state index in [1.54, 1.807) is 25.7 Å². The van der Waals surface area contributed by atoms with Crippen molar-refractivity contribution in [2.75, 3.05) is 20.3 Å². The van der Waals surface area contributed by atoms with Gasteiger partial charge in [0, 0.05) is 24.7 Å². The molecule has 0 spiro atoms. The molecule has 2 N–H and O–H groups in total. The van der Waals surface area contributed by atoms with Gasteiger partial charge in [-0.3, -0.25) is 0 Å². The number of ether oxygens (including phenoxy) is 2. The molecular weight excluding hydrogens is 258 g/mol. The number of furan rings is 1. The Morgan fingerprint density at radius 3 is 2.90 bits per heavy atom. The number of rotatable bonds is 8. The highest BCUT2D eigenvalue weighted by atomic mass is 16.5. The summed E-state index contributed by atoms with van der Waals surface area (Å²) in [5, 5.41) is 13.0. The van der Waals surface area contributed by atoms with E-state index in [1.807, 2.05) is 24.3 Å². The van der Waals surface area contributed by atoms with Crippen LogP contribution in [0.25, 0.3) is 0 Å². The average Bonchev–Trinajstić information content (AvgIpc) is 2.98. The molecule has 1 aromatic carbocycles. The van der Waals surface area contributed by atoms with Crippen LogP contribution in [0, 0.1) is 0 Å². The number of nitrogens with one attached hydrogen (secondary N) is 1. The maximum Gasteiger partial charge on any atom is 0.123 e. The second kappa shape index (κ2) is 7.57. The highest BCUT2D eigenvalue weighted by Crippen LogP contribution is 2.18. The number of methoxy groups -OCH3 is 1. The van der Waals surface area contributed by atoms with E-state index in [2.05, 4.69) is 5.32 Å². The third-order valence-electron chi connectivity index (χ3n) is 2.77. The summed E-state index contributed by atoms with van der Waals surface area (Å²) < 4.78 is 15.6. The smallest absolute Gasteiger partial charge is 0.123 e. The number of hydrogen-bond acceptors (Lipinski definition) is 5. The average molecular weight is 277 g/mol. The summed E-state index contributed by atoms with van der Waals surface area (Å²) in [6.45, 7) is 1.34. The largest absolute Gasteiger partial charge is 0.497 e. The lowest BCUT2D eigenvalue weighted by Crippen LogP contribution is -2.31. The standard InChI is InChI=1S/C15H19NO4/c1-18-14-3-2-4-15(7-14)20-11-13(17)9-16-8-12-5-6-19-10-12/h2-7,10,13,16-17H,8-9,11H2,1H3. The van der Waals surface area contributed by atoms with Gasteiger partial charge in [-0.05, 0) is 18.2 Å². The fourth-order valence-electron chi connectivity index (χ4n) is 1.72. The molecule has 0 saturated carbocycles. The van der Waals surface area contributed by atoms with Crippen LogP contribution in [0.4, 0.5) is 0 Å². The SMILES string of the molecule is COc1cccc(OCC(O)CNCc2ccoc2)c1. The molecule has 0 bridgehead atoms. The van der Waals surface area contributed by atoms with Crippen LogP contribution in [0.2, 0.25) is 0 Å². The molecule has 2 rings (SSSR count). The second-order valence-corrected chi connectivity index (χ2v) is 4.41. The summed E-state index contributed by atoms with van der Waals surface area (Å²) in [4.78, 5) is 0. The molecule has 0 saturated heterocycles. The quantitative estimate of drug-likeness (QED) is 0.770. The minimum Gasteiger partial charge on any atom is -0.497 e. The van der Waals surface area contributed by atoms with Crippen molar-refractivity contribution in [2.24, 2.45) is 0 Å². The first kappa shape index (κ1) is 14.4. The minimum atomic E-state index is -0.576. The van der Waals surface area contributed by atoms with Gasteiger partial charge in [0.15, 0.2) is 0 Å². The van der Waals surface area contributed by atoms with Crippen molar-refractivity contribution in [1.29, 1.82) is 0 Å². The topological polar surface area (TPSA) is 63.9 Å². The third-order valence-corrected chi connectivity index (χ3v) is 2.77. The van der Waals surface area contributed by atoms with E-state index >= 15 is 0 Å². The summed E-state index contributed by atoms with van der Waals surface area (Å²) in [6, 6.07) is 9.18. The Morgan fingerprint density at radius 2 is 2.15 bits per heavy atom. The molecule has 108 valence electrons. The highest BCUT2D eigenvalue weighted by Gasteiger charge is 2.06. The molecule has 0 fully saturated rings. The van der Waals surface area contributed by atoms with E-state index in [1.165, 1.54) is 0 Å². The molecule has 1 heterocycles. The lowest BCUT2D eigenvalue weighted by atomic mass is 10.3. The Morgan fingerprint density at radius 1 is 1.30 bits per heavy atom. The van der Waals surface area contributed by atoms with E-state index in [-0.39, 0.29) is 6.61 Å². The summed E-state index contributed by atoms with van der Waals surface area (Å²) >= 11 is 0. The van der Waals surface area contributed by atoms with E-state index in [0.29, 0.717) is 18.8 Å². The Hall–Kier alpha value is -1.98. The first-order valence-corrected chi connectivity index (χ1v) is 6.44. The Balaban J connectivity index is 1.67. The van der Waals surface area contributed by atoms with Crippen molar-refractivity contribution in [1.82, 2.24) is 5.32 Å². The van der Waals surface area contributed by atoms with E-state index in [4.69, 9.17) is 13.9 Å². The van der Waals surface area contributed by atoms with Crippen molar-refractivity contribution in [3.63, 3.8) is 0 Å². The zero-order chi connectivity index (χ0) is 14.2. The van der Waals surface area contributed by atoms with Crippen LogP contribution in [0.3, 0.4) is 0 Å². The summed E-state index contributed by atoms with van der Waals surface area (Å²) in [6.07, 6.45) is 2.72. The van der Waals surface area contributed by atoms with Gasteiger partial charge in [-0.25, -0.2) is 0 Å². The van der Waals surface area contributed by atoms with Crippen LogP contribution in [0.15, 0.2) is 47.3 Å². The van der Waals surface area contributed by atoms with E-state index in [9.17, 15) is 5.11 Å². The first-order valence-electron chi connectivity index (χ1n) is 6.44. The summed E-state index contributed by atoms with van der Waals surface area (Å²) in [5.41, 5.74) is 1.05. The van der Waals surface area contributed by atoms with Gasteiger partial charge in [-0.1, -0.05) is 6.07 Å². The third kappa shape index (κ3) is 4.60. The van der Waals surface area contributed by atoms with Crippen LogP contribution in [0.5, 0.6) is 11.5 Å². The molecule has 1 atom stereocenters. The number of aliphatic hydroxyl groups is 1. The lowest BCUT2D eigenvalue weighted by molar-refractivity contribution is 0.106. The lowest BCUT2D eigenvalue weighted by Gasteiger charge is -2.13. The van der Waals surface area contributed by atoms with Gasteiger partial charge in [0.1, 0.15) is 24.2 Å². The first-order chi connectivity index (χ1) is 9.78. The number of hydrogen-bond donors (Lipinski definition) is 2. The zero-order valence-electron chi connectivity index (χ0n) is 11.4. The molecule has 5 heteroatoms. The van der Waals surface area contributed by atoms with E-state index < -0.39 is 6.10 Å². The molecule has 1 unspecified atom stereocenters. The van der Waals surface area contributed by atoms with Gasteiger partial charge in [-0.15, -0.1) is 0 Å². The van der Waals surface area contributed by atoms with E-state index in [0.717, 1.165) is 11.3 Å². The van der Waals surface area contributed by atoms with Gasteiger partial charge in [-0.2, -0.15) is 0 Å². The van der Waals surface area contributed by atoms with Crippen LogP contribution in [0.1, 0.15) is 5.56 Å². The predicted molar refractivity (Wildman–Crippen MR) is 74.9 cm³/mol. The Bertz CT molecular complexity index is 498. The molecule has 2 aromatic rings. The van der Waals surface area contributed by atoms with Gasteiger partial charge in [0.05, 0.1) is 19.6 Å². The maximum atomic E-state index is 9.82. The molecule has 5 nitrogen and oxygen atoms in total. The normalized spacial score (nSPS) is 12.1. The molecule has 0 aliphatic heterocycles. The van der Waals surface area contributed by atoms with Gasteiger partial charge < -0.3 is 24.3 Å². The fourth-order valence-corrected chi connectivity index (χ4v) is 1.72. The van der Waals surface area contributed by atoms with Crippen molar-refractivity contribution in [2.45, 2.75) is 12.6 Å². The zero-order valence-corrected chi connectivity index (χ0v) is 11.4. The second-order valence-electron chi connectivity index (χ2n) is 4.41. The number of aliphatic hydroxyl groups excluding tert-OH is 1. The molecule has 20 heavy (non-hydrogen) atoms. The molecule has 0 amide bonds. The van der Waals surface area contributed by atoms with Crippen molar-refractivity contribution >= 4 is 0 Å². The summed E-state index contributed by atoms with van der Waals surface area (Å²) in [5.74, 6) is 1.41. The highest BCUT2D eigenvalue weighted by molar-refractivity contribution is 5.32. The van der Waals surface area contributed by atoms with Crippen molar-refractivity contribution in [3.05, 3.63) is 48.4 Å². The molecule has 0 aliphatic rings. The van der Waals surface area contributed by atoms with Crippen molar-refractivity contribution in [3.8, 4) is 11.5 Å². The number of benzene rings is 1. The molecular formula is C15H19NO4. The minimum absolute atomic E-state index is 0.228.